The quantitative estimate of drug-likeness (QED) is 0.376. The minimum atomic E-state index is -2.01. The zero-order chi connectivity index (χ0) is 11.6. The summed E-state index contributed by atoms with van der Waals surface area (Å²) in [7, 11) is 1.06. The SMILES string of the molecule is COC(=O)C1(CO)O[C@@H](CO)[C@H](O)[C@H]1O. The van der Waals surface area contributed by atoms with Gasteiger partial charge in [0.2, 0.25) is 5.60 Å². The number of carbonyl (C=O) groups is 1. The van der Waals surface area contributed by atoms with E-state index in [0.29, 0.717) is 0 Å². The molecule has 0 aromatic rings. The lowest BCUT2D eigenvalue weighted by atomic mass is 9.95. The van der Waals surface area contributed by atoms with E-state index in [9.17, 15) is 15.0 Å². The van der Waals surface area contributed by atoms with Crippen LogP contribution in [0.3, 0.4) is 0 Å². The third-order valence-corrected chi connectivity index (χ3v) is 2.49. The predicted molar refractivity (Wildman–Crippen MR) is 45.8 cm³/mol. The van der Waals surface area contributed by atoms with Crippen LogP contribution in [-0.2, 0) is 14.3 Å². The standard InChI is InChI=1S/C8H14O7/c1-14-7(13)8(3-10)6(12)5(11)4(2-9)15-8/h4-6,9-12H,2-3H2,1H3/t4-,5-,6+,8?/m0/s1. The van der Waals surface area contributed by atoms with Crippen LogP contribution in [0.4, 0.5) is 0 Å². The van der Waals surface area contributed by atoms with E-state index in [-0.39, 0.29) is 0 Å². The molecule has 4 N–H and O–H groups in total. The van der Waals surface area contributed by atoms with E-state index in [4.69, 9.17) is 14.9 Å². The Morgan fingerprint density at radius 3 is 2.40 bits per heavy atom. The van der Waals surface area contributed by atoms with Crippen molar-refractivity contribution in [2.24, 2.45) is 0 Å². The van der Waals surface area contributed by atoms with Crippen LogP contribution < -0.4 is 0 Å². The van der Waals surface area contributed by atoms with Gasteiger partial charge < -0.3 is 29.9 Å². The van der Waals surface area contributed by atoms with Gasteiger partial charge >= 0.3 is 5.97 Å². The third kappa shape index (κ3) is 1.72. The largest absolute Gasteiger partial charge is 0.467 e. The lowest BCUT2D eigenvalue weighted by molar-refractivity contribution is -0.184. The van der Waals surface area contributed by atoms with E-state index in [1.54, 1.807) is 0 Å². The molecule has 1 aliphatic rings. The second kappa shape index (κ2) is 4.42. The number of aliphatic hydroxyl groups excluding tert-OH is 4. The van der Waals surface area contributed by atoms with Crippen LogP contribution in [-0.4, -0.2) is 70.6 Å². The number of hydrogen-bond donors (Lipinski definition) is 4. The van der Waals surface area contributed by atoms with Crippen molar-refractivity contribution in [3.8, 4) is 0 Å². The highest BCUT2D eigenvalue weighted by Gasteiger charge is 2.59. The number of esters is 1. The molecule has 0 amide bonds. The molecule has 0 spiro atoms. The van der Waals surface area contributed by atoms with Crippen LogP contribution >= 0.6 is 0 Å². The lowest BCUT2D eigenvalue weighted by Crippen LogP contribution is -2.53. The number of rotatable bonds is 3. The first-order valence-corrected chi connectivity index (χ1v) is 4.37. The molecule has 1 heterocycles. The van der Waals surface area contributed by atoms with Crippen LogP contribution in [0.2, 0.25) is 0 Å². The molecule has 0 radical (unpaired) electrons. The number of carbonyl (C=O) groups excluding carboxylic acids is 1. The smallest absolute Gasteiger partial charge is 0.343 e. The van der Waals surface area contributed by atoms with Crippen molar-refractivity contribution in [2.75, 3.05) is 20.3 Å². The van der Waals surface area contributed by atoms with Gasteiger partial charge in [-0.05, 0) is 0 Å². The molecule has 7 heteroatoms. The summed E-state index contributed by atoms with van der Waals surface area (Å²) < 4.78 is 9.31. The van der Waals surface area contributed by atoms with Crippen molar-refractivity contribution in [3.63, 3.8) is 0 Å². The summed E-state index contributed by atoms with van der Waals surface area (Å²) in [5.41, 5.74) is -2.01. The second-order valence-electron chi connectivity index (χ2n) is 3.31. The van der Waals surface area contributed by atoms with Gasteiger partial charge in [0, 0.05) is 0 Å². The Labute approximate surface area is 85.9 Å². The Kier molecular flexibility index (Phi) is 3.63. The van der Waals surface area contributed by atoms with E-state index in [1.807, 2.05) is 0 Å². The summed E-state index contributed by atoms with van der Waals surface area (Å²) in [5, 5.41) is 36.8. The number of hydrogen-bond acceptors (Lipinski definition) is 7. The van der Waals surface area contributed by atoms with Gasteiger partial charge in [0.05, 0.1) is 20.3 Å². The molecule has 0 saturated carbocycles. The maximum atomic E-state index is 11.3. The normalized spacial score (nSPS) is 40.5. The number of methoxy groups -OCH3 is 1. The van der Waals surface area contributed by atoms with Crippen LogP contribution in [0.5, 0.6) is 0 Å². The summed E-state index contributed by atoms with van der Waals surface area (Å²) in [5.74, 6) is -0.993. The molecule has 7 nitrogen and oxygen atoms in total. The first-order chi connectivity index (χ1) is 7.03. The minimum Gasteiger partial charge on any atom is -0.467 e. The summed E-state index contributed by atoms with van der Waals surface area (Å²) in [6.07, 6.45) is -4.19. The van der Waals surface area contributed by atoms with Gasteiger partial charge in [-0.15, -0.1) is 0 Å². The molecule has 1 aliphatic heterocycles. The topological polar surface area (TPSA) is 116 Å². The molecule has 1 rings (SSSR count). The molecule has 0 aromatic carbocycles. The molecule has 15 heavy (non-hydrogen) atoms. The molecule has 88 valence electrons. The highest BCUT2D eigenvalue weighted by atomic mass is 16.6. The summed E-state index contributed by atoms with van der Waals surface area (Å²) in [4.78, 5) is 11.3. The summed E-state index contributed by atoms with van der Waals surface area (Å²) >= 11 is 0. The molecular formula is C8H14O7. The third-order valence-electron chi connectivity index (χ3n) is 2.49. The summed E-state index contributed by atoms with van der Waals surface area (Å²) in [6, 6.07) is 0. The Morgan fingerprint density at radius 2 is 2.07 bits per heavy atom. The Balaban J connectivity index is 2.96. The van der Waals surface area contributed by atoms with Crippen LogP contribution in [0.15, 0.2) is 0 Å². The minimum absolute atomic E-state index is 0.572. The van der Waals surface area contributed by atoms with E-state index in [0.717, 1.165) is 7.11 Å². The molecule has 1 saturated heterocycles. The Hall–Kier alpha value is -0.730. The summed E-state index contributed by atoms with van der Waals surface area (Å²) in [6.45, 7) is -1.41. The average Bonchev–Trinajstić information content (AvgIpc) is 2.52. The van der Waals surface area contributed by atoms with Crippen molar-refractivity contribution in [3.05, 3.63) is 0 Å². The maximum absolute atomic E-state index is 11.3. The fourth-order valence-corrected chi connectivity index (χ4v) is 1.57. The second-order valence-corrected chi connectivity index (χ2v) is 3.31. The molecule has 0 aromatic heterocycles. The zero-order valence-electron chi connectivity index (χ0n) is 8.16. The highest BCUT2D eigenvalue weighted by molar-refractivity contribution is 5.81. The molecule has 1 fully saturated rings. The lowest BCUT2D eigenvalue weighted by Gasteiger charge is -2.26. The predicted octanol–water partition coefficient (Wildman–Crippen LogP) is -3.00. The van der Waals surface area contributed by atoms with Crippen LogP contribution in [0.1, 0.15) is 0 Å². The van der Waals surface area contributed by atoms with Gasteiger partial charge in [-0.25, -0.2) is 4.79 Å². The molecule has 0 bridgehead atoms. The number of ether oxygens (including phenoxy) is 2. The average molecular weight is 222 g/mol. The molecule has 1 unspecified atom stereocenters. The first-order valence-electron chi connectivity index (χ1n) is 4.37. The Morgan fingerprint density at radius 1 is 1.47 bits per heavy atom. The van der Waals surface area contributed by atoms with Crippen molar-refractivity contribution in [1.82, 2.24) is 0 Å². The first kappa shape index (κ1) is 12.3. The van der Waals surface area contributed by atoms with Gasteiger partial charge in [0.25, 0.3) is 0 Å². The van der Waals surface area contributed by atoms with Crippen molar-refractivity contribution >= 4 is 5.97 Å². The van der Waals surface area contributed by atoms with Gasteiger partial charge in [0.15, 0.2) is 0 Å². The van der Waals surface area contributed by atoms with Gasteiger partial charge in [-0.1, -0.05) is 0 Å². The van der Waals surface area contributed by atoms with E-state index in [2.05, 4.69) is 4.74 Å². The maximum Gasteiger partial charge on any atom is 0.343 e. The van der Waals surface area contributed by atoms with Gasteiger partial charge in [0.1, 0.15) is 18.3 Å². The zero-order valence-corrected chi connectivity index (χ0v) is 8.16. The van der Waals surface area contributed by atoms with Crippen molar-refractivity contribution < 1.29 is 34.7 Å². The van der Waals surface area contributed by atoms with E-state index >= 15 is 0 Å². The fraction of sp³-hybridized carbons (Fsp3) is 0.875. The van der Waals surface area contributed by atoms with E-state index < -0.39 is 43.1 Å². The number of aliphatic hydroxyl groups is 4. The molecular weight excluding hydrogens is 208 g/mol. The fourth-order valence-electron chi connectivity index (χ4n) is 1.57. The monoisotopic (exact) mass is 222 g/mol. The van der Waals surface area contributed by atoms with Crippen molar-refractivity contribution in [2.45, 2.75) is 23.9 Å². The van der Waals surface area contributed by atoms with Crippen molar-refractivity contribution in [1.29, 1.82) is 0 Å². The van der Waals surface area contributed by atoms with Gasteiger partial charge in [-0.2, -0.15) is 0 Å². The highest BCUT2D eigenvalue weighted by Crippen LogP contribution is 2.32. The molecule has 0 aliphatic carbocycles. The van der Waals surface area contributed by atoms with Gasteiger partial charge in [-0.3, -0.25) is 0 Å². The van der Waals surface area contributed by atoms with Crippen LogP contribution in [0.25, 0.3) is 0 Å². The van der Waals surface area contributed by atoms with Crippen LogP contribution in [0, 0.1) is 0 Å². The van der Waals surface area contributed by atoms with E-state index in [1.165, 1.54) is 0 Å². The molecule has 4 atom stereocenters. The Bertz CT molecular complexity index is 243.